The van der Waals surface area contributed by atoms with Gasteiger partial charge in [0, 0.05) is 11.9 Å². The molecule has 0 radical (unpaired) electrons. The molecule has 2 aromatic rings. The average molecular weight is 165 g/mol. The number of nitrogens with zero attached hydrogens (tertiary/aromatic N) is 3. The van der Waals surface area contributed by atoms with E-state index in [-0.39, 0.29) is 0 Å². The summed E-state index contributed by atoms with van der Waals surface area (Å²) >= 11 is 4.25. The summed E-state index contributed by atoms with van der Waals surface area (Å²) in [5.41, 5.74) is 1.87. The second-order valence-electron chi connectivity index (χ2n) is 2.36. The van der Waals surface area contributed by atoms with E-state index < -0.39 is 0 Å². The molecule has 3 nitrogen and oxygen atoms in total. The standard InChI is InChI=1S/C7H7N3S/c1-10-5-3-2-4-6(11)7(5)8-9-10/h2-4,11H,1H3. The van der Waals surface area contributed by atoms with E-state index in [1.807, 2.05) is 25.2 Å². The lowest BCUT2D eigenvalue weighted by molar-refractivity contribution is 0.736. The second kappa shape index (κ2) is 2.23. The average Bonchev–Trinajstić information content (AvgIpc) is 2.35. The third kappa shape index (κ3) is 0.903. The summed E-state index contributed by atoms with van der Waals surface area (Å²) in [6.07, 6.45) is 0. The van der Waals surface area contributed by atoms with E-state index in [4.69, 9.17) is 0 Å². The zero-order valence-electron chi connectivity index (χ0n) is 6.02. The predicted octanol–water partition coefficient (Wildman–Crippen LogP) is 1.26. The first kappa shape index (κ1) is 6.67. The van der Waals surface area contributed by atoms with Gasteiger partial charge in [-0.15, -0.1) is 17.7 Å². The summed E-state index contributed by atoms with van der Waals surface area (Å²) in [5.74, 6) is 0. The summed E-state index contributed by atoms with van der Waals surface area (Å²) in [4.78, 5) is 0.871. The van der Waals surface area contributed by atoms with Gasteiger partial charge in [-0.3, -0.25) is 0 Å². The molecular weight excluding hydrogens is 158 g/mol. The van der Waals surface area contributed by atoms with Crippen LogP contribution in [0.15, 0.2) is 23.1 Å². The summed E-state index contributed by atoms with van der Waals surface area (Å²) in [5, 5.41) is 7.83. The van der Waals surface area contributed by atoms with Crippen molar-refractivity contribution in [2.24, 2.45) is 7.05 Å². The Bertz CT molecular complexity index is 393. The van der Waals surface area contributed by atoms with Crippen molar-refractivity contribution in [3.8, 4) is 0 Å². The lowest BCUT2D eigenvalue weighted by atomic mass is 10.3. The highest BCUT2D eigenvalue weighted by Gasteiger charge is 2.01. The van der Waals surface area contributed by atoms with E-state index in [0.29, 0.717) is 0 Å². The number of hydrogen-bond donors (Lipinski definition) is 1. The number of aryl methyl sites for hydroxylation is 1. The molecule has 56 valence electrons. The largest absolute Gasteiger partial charge is 0.248 e. The fourth-order valence-corrected chi connectivity index (χ4v) is 1.29. The van der Waals surface area contributed by atoms with E-state index >= 15 is 0 Å². The minimum absolute atomic E-state index is 0.860. The van der Waals surface area contributed by atoms with Crippen LogP contribution in [0.2, 0.25) is 0 Å². The number of hydrogen-bond acceptors (Lipinski definition) is 3. The Morgan fingerprint density at radius 2 is 2.27 bits per heavy atom. The maximum atomic E-state index is 4.25. The van der Waals surface area contributed by atoms with Crippen LogP contribution in [-0.2, 0) is 7.05 Å². The second-order valence-corrected chi connectivity index (χ2v) is 2.84. The third-order valence-corrected chi connectivity index (χ3v) is 1.98. The molecule has 1 heterocycles. The topological polar surface area (TPSA) is 30.7 Å². The van der Waals surface area contributed by atoms with Crippen molar-refractivity contribution < 1.29 is 0 Å². The van der Waals surface area contributed by atoms with Gasteiger partial charge in [0.15, 0.2) is 0 Å². The van der Waals surface area contributed by atoms with Crippen LogP contribution in [0.4, 0.5) is 0 Å². The molecule has 0 spiro atoms. The van der Waals surface area contributed by atoms with Gasteiger partial charge in [0.05, 0.1) is 5.52 Å². The molecule has 0 bridgehead atoms. The molecule has 0 aliphatic carbocycles. The van der Waals surface area contributed by atoms with E-state index in [1.165, 1.54) is 0 Å². The smallest absolute Gasteiger partial charge is 0.126 e. The van der Waals surface area contributed by atoms with Crippen molar-refractivity contribution in [1.82, 2.24) is 15.0 Å². The summed E-state index contributed by atoms with van der Waals surface area (Å²) in [6, 6.07) is 5.81. The lowest BCUT2D eigenvalue weighted by Crippen LogP contribution is -1.88. The molecule has 0 atom stereocenters. The first-order chi connectivity index (χ1) is 5.29. The Labute approximate surface area is 69.4 Å². The Hall–Kier alpha value is -1.03. The molecule has 0 saturated carbocycles. The van der Waals surface area contributed by atoms with Gasteiger partial charge in [-0.05, 0) is 12.1 Å². The molecule has 1 aromatic heterocycles. The minimum atomic E-state index is 0.860. The molecule has 0 aliphatic rings. The molecule has 0 saturated heterocycles. The SMILES string of the molecule is Cn1nnc2c(S)cccc21. The first-order valence-corrected chi connectivity index (χ1v) is 3.71. The number of benzene rings is 1. The highest BCUT2D eigenvalue weighted by atomic mass is 32.1. The zero-order valence-corrected chi connectivity index (χ0v) is 6.92. The van der Waals surface area contributed by atoms with Gasteiger partial charge in [0.2, 0.25) is 0 Å². The lowest BCUT2D eigenvalue weighted by Gasteiger charge is -1.91. The minimum Gasteiger partial charge on any atom is -0.248 e. The van der Waals surface area contributed by atoms with Crippen LogP contribution in [0.5, 0.6) is 0 Å². The van der Waals surface area contributed by atoms with Gasteiger partial charge in [0.1, 0.15) is 5.52 Å². The van der Waals surface area contributed by atoms with Gasteiger partial charge < -0.3 is 0 Å². The van der Waals surface area contributed by atoms with Crippen LogP contribution in [-0.4, -0.2) is 15.0 Å². The normalized spacial score (nSPS) is 10.7. The molecule has 0 unspecified atom stereocenters. The molecule has 2 rings (SSSR count). The number of rotatable bonds is 0. The Morgan fingerprint density at radius 1 is 1.45 bits per heavy atom. The van der Waals surface area contributed by atoms with E-state index in [0.717, 1.165) is 15.9 Å². The Balaban J connectivity index is 2.94. The number of aromatic nitrogens is 3. The molecule has 4 heteroatoms. The van der Waals surface area contributed by atoms with E-state index in [2.05, 4.69) is 22.9 Å². The van der Waals surface area contributed by atoms with Crippen LogP contribution in [0.3, 0.4) is 0 Å². The maximum absolute atomic E-state index is 4.25. The van der Waals surface area contributed by atoms with Crippen molar-refractivity contribution >= 4 is 23.7 Å². The third-order valence-electron chi connectivity index (χ3n) is 1.62. The number of fused-ring (bicyclic) bond motifs is 1. The highest BCUT2D eigenvalue weighted by molar-refractivity contribution is 7.80. The summed E-state index contributed by atoms with van der Waals surface area (Å²) < 4.78 is 1.73. The quantitative estimate of drug-likeness (QED) is 0.596. The predicted molar refractivity (Wildman–Crippen MR) is 45.8 cm³/mol. The Morgan fingerprint density at radius 3 is 3.00 bits per heavy atom. The van der Waals surface area contributed by atoms with Crippen LogP contribution >= 0.6 is 12.6 Å². The molecule has 0 amide bonds. The van der Waals surface area contributed by atoms with Crippen molar-refractivity contribution in [3.05, 3.63) is 18.2 Å². The van der Waals surface area contributed by atoms with E-state index in [9.17, 15) is 0 Å². The van der Waals surface area contributed by atoms with Crippen molar-refractivity contribution in [1.29, 1.82) is 0 Å². The van der Waals surface area contributed by atoms with Crippen LogP contribution in [0.25, 0.3) is 11.0 Å². The van der Waals surface area contributed by atoms with Gasteiger partial charge >= 0.3 is 0 Å². The summed E-state index contributed by atoms with van der Waals surface area (Å²) in [7, 11) is 1.86. The van der Waals surface area contributed by atoms with Crippen molar-refractivity contribution in [2.75, 3.05) is 0 Å². The molecule has 0 N–H and O–H groups in total. The molecule has 0 aliphatic heterocycles. The van der Waals surface area contributed by atoms with Crippen molar-refractivity contribution in [3.63, 3.8) is 0 Å². The molecule has 1 aromatic carbocycles. The molecule has 11 heavy (non-hydrogen) atoms. The maximum Gasteiger partial charge on any atom is 0.126 e. The first-order valence-electron chi connectivity index (χ1n) is 3.26. The molecule has 0 fully saturated rings. The monoisotopic (exact) mass is 165 g/mol. The highest BCUT2D eigenvalue weighted by Crippen LogP contribution is 2.17. The number of thiol groups is 1. The van der Waals surface area contributed by atoms with Gasteiger partial charge in [-0.2, -0.15) is 0 Å². The van der Waals surface area contributed by atoms with Gasteiger partial charge in [-0.25, -0.2) is 4.68 Å². The van der Waals surface area contributed by atoms with Crippen LogP contribution < -0.4 is 0 Å². The van der Waals surface area contributed by atoms with Gasteiger partial charge in [-0.1, -0.05) is 11.3 Å². The van der Waals surface area contributed by atoms with Crippen LogP contribution in [0.1, 0.15) is 0 Å². The van der Waals surface area contributed by atoms with E-state index in [1.54, 1.807) is 4.68 Å². The van der Waals surface area contributed by atoms with Gasteiger partial charge in [0.25, 0.3) is 0 Å². The zero-order chi connectivity index (χ0) is 7.84. The Kier molecular flexibility index (Phi) is 1.35. The molecular formula is C7H7N3S. The fourth-order valence-electron chi connectivity index (χ4n) is 1.04. The van der Waals surface area contributed by atoms with Crippen LogP contribution in [0, 0.1) is 0 Å². The summed E-state index contributed by atoms with van der Waals surface area (Å²) in [6.45, 7) is 0. The fraction of sp³-hybridized carbons (Fsp3) is 0.143. The van der Waals surface area contributed by atoms with Crippen molar-refractivity contribution in [2.45, 2.75) is 4.90 Å².